The van der Waals surface area contributed by atoms with E-state index in [0.717, 1.165) is 18.2 Å². The van der Waals surface area contributed by atoms with Crippen LogP contribution >= 0.6 is 0 Å². The summed E-state index contributed by atoms with van der Waals surface area (Å²) in [5.74, 6) is -0.344. The van der Waals surface area contributed by atoms with Crippen molar-refractivity contribution in [1.29, 1.82) is 0 Å². The number of aromatic nitrogens is 2. The van der Waals surface area contributed by atoms with Crippen molar-refractivity contribution in [3.05, 3.63) is 107 Å². The molecule has 202 valence electrons. The molecule has 0 unspecified atom stereocenters. The van der Waals surface area contributed by atoms with Gasteiger partial charge in [0.15, 0.2) is 0 Å². The Bertz CT molecular complexity index is 1460. The minimum atomic E-state index is -4.36. The van der Waals surface area contributed by atoms with E-state index in [-0.39, 0.29) is 11.4 Å². The van der Waals surface area contributed by atoms with Crippen molar-refractivity contribution in [2.75, 3.05) is 37.6 Å². The molecule has 0 N–H and O–H groups in total. The largest absolute Gasteiger partial charge is 0.416 e. The zero-order valence-corrected chi connectivity index (χ0v) is 21.2. The number of hydrogen-bond donors (Lipinski definition) is 0. The van der Waals surface area contributed by atoms with Crippen LogP contribution in [0.2, 0.25) is 0 Å². The van der Waals surface area contributed by atoms with Gasteiger partial charge in [0.25, 0.3) is 5.56 Å². The predicted octanol–water partition coefficient (Wildman–Crippen LogP) is 5.95. The highest BCUT2D eigenvalue weighted by Crippen LogP contribution is 2.32. The molecule has 9 heteroatoms. The first-order chi connectivity index (χ1) is 18.8. The molecule has 1 aromatic heterocycles. The number of nitrogens with zero attached hydrogens (tertiary/aromatic N) is 4. The molecule has 0 radical (unpaired) electrons. The Morgan fingerprint density at radius 1 is 0.769 bits per heavy atom. The van der Waals surface area contributed by atoms with E-state index in [4.69, 9.17) is 0 Å². The van der Waals surface area contributed by atoms with E-state index >= 15 is 0 Å². The second-order valence-corrected chi connectivity index (χ2v) is 9.57. The molecule has 0 spiro atoms. The van der Waals surface area contributed by atoms with Gasteiger partial charge in [-0.1, -0.05) is 36.4 Å². The smallest absolute Gasteiger partial charge is 0.369 e. The lowest BCUT2D eigenvalue weighted by atomic mass is 10.0. The molecule has 0 bridgehead atoms. The van der Waals surface area contributed by atoms with Crippen LogP contribution in [0.15, 0.2) is 89.7 Å². The second kappa shape index (κ2) is 11.4. The predicted molar refractivity (Wildman–Crippen MR) is 144 cm³/mol. The van der Waals surface area contributed by atoms with Crippen LogP contribution in [-0.4, -0.2) is 47.4 Å². The summed E-state index contributed by atoms with van der Waals surface area (Å²) < 4.78 is 54.2. The maximum absolute atomic E-state index is 13.5. The van der Waals surface area contributed by atoms with Crippen LogP contribution in [-0.2, 0) is 12.7 Å². The van der Waals surface area contributed by atoms with Gasteiger partial charge in [0, 0.05) is 50.5 Å². The van der Waals surface area contributed by atoms with E-state index in [1.54, 1.807) is 24.3 Å². The number of alkyl halides is 3. The Hall–Kier alpha value is -3.98. The first-order valence-corrected chi connectivity index (χ1v) is 12.9. The molecule has 3 aromatic carbocycles. The minimum absolute atomic E-state index is 0.193. The fourth-order valence-corrected chi connectivity index (χ4v) is 4.83. The maximum Gasteiger partial charge on any atom is 0.416 e. The van der Waals surface area contributed by atoms with Gasteiger partial charge in [-0.15, -0.1) is 0 Å². The zero-order valence-electron chi connectivity index (χ0n) is 21.2. The van der Waals surface area contributed by atoms with Crippen LogP contribution in [0.1, 0.15) is 12.0 Å². The number of piperazine rings is 1. The van der Waals surface area contributed by atoms with E-state index in [1.807, 2.05) is 35.2 Å². The molecule has 1 fully saturated rings. The van der Waals surface area contributed by atoms with E-state index in [0.29, 0.717) is 61.7 Å². The van der Waals surface area contributed by atoms with Crippen molar-refractivity contribution in [3.63, 3.8) is 0 Å². The van der Waals surface area contributed by atoms with Crippen molar-refractivity contribution < 1.29 is 17.6 Å². The molecule has 5 rings (SSSR count). The zero-order chi connectivity index (χ0) is 27.4. The van der Waals surface area contributed by atoms with Gasteiger partial charge in [0.1, 0.15) is 5.82 Å². The van der Waals surface area contributed by atoms with Crippen LogP contribution in [0.4, 0.5) is 23.2 Å². The average Bonchev–Trinajstić information content (AvgIpc) is 2.95. The molecule has 39 heavy (non-hydrogen) atoms. The van der Waals surface area contributed by atoms with Gasteiger partial charge in [-0.3, -0.25) is 9.69 Å². The third-order valence-electron chi connectivity index (χ3n) is 6.95. The van der Waals surface area contributed by atoms with E-state index in [1.165, 1.54) is 28.9 Å². The lowest BCUT2D eigenvalue weighted by Gasteiger charge is -2.36. The van der Waals surface area contributed by atoms with Gasteiger partial charge < -0.3 is 4.90 Å². The second-order valence-electron chi connectivity index (χ2n) is 9.57. The number of hydrogen-bond acceptors (Lipinski definition) is 4. The lowest BCUT2D eigenvalue weighted by Crippen LogP contribution is -2.46. The number of benzene rings is 3. The summed E-state index contributed by atoms with van der Waals surface area (Å²) in [6.07, 6.45) is -3.68. The molecule has 0 amide bonds. The molecular weight excluding hydrogens is 508 g/mol. The topological polar surface area (TPSA) is 41.4 Å². The highest BCUT2D eigenvalue weighted by molar-refractivity contribution is 5.69. The Balaban J connectivity index is 1.26. The summed E-state index contributed by atoms with van der Waals surface area (Å²) in [6.45, 7) is 3.80. The molecular formula is C30H28F4N4O. The minimum Gasteiger partial charge on any atom is -0.369 e. The van der Waals surface area contributed by atoms with E-state index < -0.39 is 11.7 Å². The van der Waals surface area contributed by atoms with Crippen molar-refractivity contribution in [2.45, 2.75) is 19.1 Å². The van der Waals surface area contributed by atoms with Gasteiger partial charge in [-0.2, -0.15) is 18.3 Å². The molecule has 0 saturated carbocycles. The lowest BCUT2D eigenvalue weighted by molar-refractivity contribution is -0.137. The molecule has 2 heterocycles. The van der Waals surface area contributed by atoms with Gasteiger partial charge in [0.2, 0.25) is 0 Å². The van der Waals surface area contributed by atoms with Gasteiger partial charge >= 0.3 is 6.18 Å². The molecule has 1 aliphatic rings. The summed E-state index contributed by atoms with van der Waals surface area (Å²) in [4.78, 5) is 17.5. The Morgan fingerprint density at radius 2 is 1.49 bits per heavy atom. The SMILES string of the molecule is O=c1c(-c2ccccc2)cc(-c2ccc(F)cc2)nn1CCCN1CCN(c2cccc(C(F)(F)F)c2)CC1. The molecule has 0 atom stereocenters. The summed E-state index contributed by atoms with van der Waals surface area (Å²) >= 11 is 0. The van der Waals surface area contributed by atoms with Crippen molar-refractivity contribution in [1.82, 2.24) is 14.7 Å². The Kier molecular flexibility index (Phi) is 7.79. The van der Waals surface area contributed by atoms with E-state index in [2.05, 4.69) is 10.00 Å². The molecule has 1 saturated heterocycles. The normalized spacial score (nSPS) is 14.5. The summed E-state index contributed by atoms with van der Waals surface area (Å²) in [5.41, 5.74) is 2.36. The first kappa shape index (κ1) is 26.6. The van der Waals surface area contributed by atoms with Crippen LogP contribution in [0, 0.1) is 5.82 Å². The highest BCUT2D eigenvalue weighted by Gasteiger charge is 2.31. The van der Waals surface area contributed by atoms with Gasteiger partial charge in [0.05, 0.1) is 16.8 Å². The van der Waals surface area contributed by atoms with Crippen LogP contribution in [0.25, 0.3) is 22.4 Å². The van der Waals surface area contributed by atoms with Gasteiger partial charge in [-0.05, 0) is 60.5 Å². The fourth-order valence-electron chi connectivity index (χ4n) is 4.83. The Labute approximate surface area is 223 Å². The quantitative estimate of drug-likeness (QED) is 0.274. The van der Waals surface area contributed by atoms with Crippen molar-refractivity contribution >= 4 is 5.69 Å². The van der Waals surface area contributed by atoms with Crippen molar-refractivity contribution in [2.24, 2.45) is 0 Å². The molecule has 1 aliphatic heterocycles. The van der Waals surface area contributed by atoms with Crippen LogP contribution in [0.5, 0.6) is 0 Å². The standard InChI is InChI=1S/C30H28F4N4O/c31-25-12-10-23(11-13-25)28-21-27(22-6-2-1-3-7-22)29(39)38(35-28)15-5-14-36-16-18-37(19-17-36)26-9-4-8-24(20-26)30(32,33)34/h1-4,6-13,20-21H,5,14-19H2. The van der Waals surface area contributed by atoms with Crippen LogP contribution in [0.3, 0.4) is 0 Å². The summed E-state index contributed by atoms with van der Waals surface area (Å²) in [6, 6.07) is 22.6. The van der Waals surface area contributed by atoms with E-state index in [9.17, 15) is 22.4 Å². The fraction of sp³-hybridized carbons (Fsp3) is 0.267. The highest BCUT2D eigenvalue weighted by atomic mass is 19.4. The molecule has 0 aliphatic carbocycles. The molecule has 5 nitrogen and oxygen atoms in total. The van der Waals surface area contributed by atoms with Crippen molar-refractivity contribution in [3.8, 4) is 22.4 Å². The average molecular weight is 537 g/mol. The number of anilines is 1. The Morgan fingerprint density at radius 3 is 2.18 bits per heavy atom. The number of halogens is 4. The third kappa shape index (κ3) is 6.37. The third-order valence-corrected chi connectivity index (χ3v) is 6.95. The monoisotopic (exact) mass is 536 g/mol. The number of aryl methyl sites for hydroxylation is 1. The number of rotatable bonds is 7. The van der Waals surface area contributed by atoms with Gasteiger partial charge in [-0.25, -0.2) is 9.07 Å². The first-order valence-electron chi connectivity index (χ1n) is 12.9. The maximum atomic E-state index is 13.5. The molecule has 4 aromatic rings. The summed E-state index contributed by atoms with van der Waals surface area (Å²) in [5, 5.41) is 4.58. The summed E-state index contributed by atoms with van der Waals surface area (Å²) in [7, 11) is 0. The van der Waals surface area contributed by atoms with Crippen LogP contribution < -0.4 is 10.5 Å².